The van der Waals surface area contributed by atoms with Gasteiger partial charge >= 0.3 is 0 Å². The van der Waals surface area contributed by atoms with Crippen molar-refractivity contribution < 1.29 is 4.74 Å². The van der Waals surface area contributed by atoms with Crippen molar-refractivity contribution in [3.8, 4) is 0 Å². The molecule has 19 heavy (non-hydrogen) atoms. The first-order chi connectivity index (χ1) is 9.43. The van der Waals surface area contributed by atoms with E-state index in [1.807, 2.05) is 0 Å². The second-order valence-electron chi connectivity index (χ2n) is 5.56. The standard InChI is InChI=1S/C16H24N2O/c1-2-5-15(6-3-1)16-7-4-8-18(16)10-9-17-11-13-19-14-12-17/h1-3,5-6,16H,4,7-14H2. The van der Waals surface area contributed by atoms with Crippen LogP contribution in [0.5, 0.6) is 0 Å². The number of hydrogen-bond donors (Lipinski definition) is 0. The minimum absolute atomic E-state index is 0.641. The van der Waals surface area contributed by atoms with E-state index in [-0.39, 0.29) is 0 Å². The summed E-state index contributed by atoms with van der Waals surface area (Å²) >= 11 is 0. The van der Waals surface area contributed by atoms with E-state index < -0.39 is 0 Å². The molecule has 3 nitrogen and oxygen atoms in total. The van der Waals surface area contributed by atoms with Crippen LogP contribution in [0.3, 0.4) is 0 Å². The Labute approximate surface area is 116 Å². The molecule has 0 saturated carbocycles. The number of morpholine rings is 1. The molecule has 1 aromatic rings. The van der Waals surface area contributed by atoms with Gasteiger partial charge in [-0.15, -0.1) is 0 Å². The molecule has 1 aromatic carbocycles. The van der Waals surface area contributed by atoms with Gasteiger partial charge in [-0.05, 0) is 24.9 Å². The molecular weight excluding hydrogens is 236 g/mol. The Hall–Kier alpha value is -0.900. The van der Waals surface area contributed by atoms with Gasteiger partial charge in [0.05, 0.1) is 13.2 Å². The second kappa shape index (κ2) is 6.51. The molecule has 2 fully saturated rings. The first-order valence-electron chi connectivity index (χ1n) is 7.52. The Bertz CT molecular complexity index is 376. The minimum atomic E-state index is 0.641. The summed E-state index contributed by atoms with van der Waals surface area (Å²) in [6.45, 7) is 7.65. The maximum Gasteiger partial charge on any atom is 0.0594 e. The molecule has 2 aliphatic heterocycles. The minimum Gasteiger partial charge on any atom is -0.379 e. The number of benzene rings is 1. The highest BCUT2D eigenvalue weighted by Crippen LogP contribution is 2.31. The van der Waals surface area contributed by atoms with Crippen LogP contribution in [0, 0.1) is 0 Å². The third-order valence-electron chi connectivity index (χ3n) is 4.36. The molecule has 2 aliphatic rings. The third kappa shape index (κ3) is 3.35. The van der Waals surface area contributed by atoms with E-state index in [0.717, 1.165) is 26.3 Å². The van der Waals surface area contributed by atoms with Crippen molar-refractivity contribution in [2.45, 2.75) is 18.9 Å². The first-order valence-corrected chi connectivity index (χ1v) is 7.52. The topological polar surface area (TPSA) is 15.7 Å². The van der Waals surface area contributed by atoms with Gasteiger partial charge in [-0.3, -0.25) is 9.80 Å². The maximum absolute atomic E-state index is 5.41. The van der Waals surface area contributed by atoms with E-state index in [2.05, 4.69) is 40.1 Å². The zero-order valence-corrected chi connectivity index (χ0v) is 11.6. The summed E-state index contributed by atoms with van der Waals surface area (Å²) in [5.74, 6) is 0. The van der Waals surface area contributed by atoms with Gasteiger partial charge in [-0.1, -0.05) is 30.3 Å². The predicted molar refractivity (Wildman–Crippen MR) is 77.2 cm³/mol. The number of rotatable bonds is 4. The van der Waals surface area contributed by atoms with E-state index in [9.17, 15) is 0 Å². The molecule has 0 spiro atoms. The van der Waals surface area contributed by atoms with Gasteiger partial charge in [0.1, 0.15) is 0 Å². The average Bonchev–Trinajstić information content (AvgIpc) is 2.95. The summed E-state index contributed by atoms with van der Waals surface area (Å²) in [4.78, 5) is 5.19. The first kappa shape index (κ1) is 13.1. The van der Waals surface area contributed by atoms with Crippen LogP contribution < -0.4 is 0 Å². The van der Waals surface area contributed by atoms with Crippen molar-refractivity contribution in [1.82, 2.24) is 9.80 Å². The lowest BCUT2D eigenvalue weighted by molar-refractivity contribution is 0.0327. The molecule has 0 radical (unpaired) electrons. The zero-order chi connectivity index (χ0) is 12.9. The summed E-state index contributed by atoms with van der Waals surface area (Å²) in [5.41, 5.74) is 1.49. The molecule has 0 amide bonds. The molecule has 1 unspecified atom stereocenters. The highest BCUT2D eigenvalue weighted by Gasteiger charge is 2.25. The fraction of sp³-hybridized carbons (Fsp3) is 0.625. The lowest BCUT2D eigenvalue weighted by Gasteiger charge is -2.31. The van der Waals surface area contributed by atoms with Crippen molar-refractivity contribution in [2.24, 2.45) is 0 Å². The number of ether oxygens (including phenoxy) is 1. The Morgan fingerprint density at radius 1 is 1.00 bits per heavy atom. The van der Waals surface area contributed by atoms with Crippen molar-refractivity contribution in [2.75, 3.05) is 45.9 Å². The summed E-state index contributed by atoms with van der Waals surface area (Å²) in [7, 11) is 0. The fourth-order valence-electron chi connectivity index (χ4n) is 3.24. The molecule has 0 N–H and O–H groups in total. The lowest BCUT2D eigenvalue weighted by atomic mass is 10.0. The van der Waals surface area contributed by atoms with Gasteiger partial charge in [0, 0.05) is 32.2 Å². The van der Waals surface area contributed by atoms with Crippen molar-refractivity contribution in [1.29, 1.82) is 0 Å². The van der Waals surface area contributed by atoms with E-state index in [0.29, 0.717) is 6.04 Å². The van der Waals surface area contributed by atoms with Crippen molar-refractivity contribution >= 4 is 0 Å². The highest BCUT2D eigenvalue weighted by atomic mass is 16.5. The van der Waals surface area contributed by atoms with Crippen molar-refractivity contribution in [3.63, 3.8) is 0 Å². The van der Waals surface area contributed by atoms with Crippen LogP contribution in [0.1, 0.15) is 24.4 Å². The van der Waals surface area contributed by atoms with Crippen LogP contribution in [-0.2, 0) is 4.74 Å². The third-order valence-corrected chi connectivity index (χ3v) is 4.36. The maximum atomic E-state index is 5.41. The Kier molecular flexibility index (Phi) is 4.49. The summed E-state index contributed by atoms with van der Waals surface area (Å²) in [6, 6.07) is 11.6. The normalized spacial score (nSPS) is 25.8. The summed E-state index contributed by atoms with van der Waals surface area (Å²) in [5, 5.41) is 0. The van der Waals surface area contributed by atoms with E-state index in [1.165, 1.54) is 38.0 Å². The Balaban J connectivity index is 1.54. The Morgan fingerprint density at radius 3 is 2.58 bits per heavy atom. The molecule has 0 aliphatic carbocycles. The van der Waals surface area contributed by atoms with Crippen LogP contribution in [-0.4, -0.2) is 55.7 Å². The molecule has 3 heteroatoms. The molecule has 2 saturated heterocycles. The van der Waals surface area contributed by atoms with E-state index in [4.69, 9.17) is 4.74 Å². The molecule has 0 aromatic heterocycles. The fourth-order valence-corrected chi connectivity index (χ4v) is 3.24. The highest BCUT2D eigenvalue weighted by molar-refractivity contribution is 5.19. The predicted octanol–water partition coefficient (Wildman–Crippen LogP) is 2.16. The van der Waals surface area contributed by atoms with Crippen LogP contribution in [0.4, 0.5) is 0 Å². The van der Waals surface area contributed by atoms with Gasteiger partial charge in [0.15, 0.2) is 0 Å². The van der Waals surface area contributed by atoms with Crippen LogP contribution in [0.2, 0.25) is 0 Å². The molecule has 0 bridgehead atoms. The van der Waals surface area contributed by atoms with E-state index in [1.54, 1.807) is 0 Å². The van der Waals surface area contributed by atoms with Gasteiger partial charge < -0.3 is 4.74 Å². The molecule has 1 atom stereocenters. The van der Waals surface area contributed by atoms with E-state index >= 15 is 0 Å². The van der Waals surface area contributed by atoms with Gasteiger partial charge in [-0.2, -0.15) is 0 Å². The average molecular weight is 260 g/mol. The molecule has 104 valence electrons. The van der Waals surface area contributed by atoms with Crippen molar-refractivity contribution in [3.05, 3.63) is 35.9 Å². The van der Waals surface area contributed by atoms with Crippen LogP contribution >= 0.6 is 0 Å². The monoisotopic (exact) mass is 260 g/mol. The van der Waals surface area contributed by atoms with Gasteiger partial charge in [0.2, 0.25) is 0 Å². The molecular formula is C16H24N2O. The quantitative estimate of drug-likeness (QED) is 0.825. The summed E-state index contributed by atoms with van der Waals surface area (Å²) < 4.78 is 5.41. The lowest BCUT2D eigenvalue weighted by Crippen LogP contribution is -2.41. The number of likely N-dealkylation sites (tertiary alicyclic amines) is 1. The van der Waals surface area contributed by atoms with Gasteiger partial charge in [-0.25, -0.2) is 0 Å². The number of hydrogen-bond acceptors (Lipinski definition) is 3. The van der Waals surface area contributed by atoms with Crippen LogP contribution in [0.25, 0.3) is 0 Å². The molecule has 3 rings (SSSR count). The summed E-state index contributed by atoms with van der Waals surface area (Å²) in [6.07, 6.45) is 2.65. The van der Waals surface area contributed by atoms with Gasteiger partial charge in [0.25, 0.3) is 0 Å². The SMILES string of the molecule is c1ccc(C2CCCN2CCN2CCOCC2)cc1. The largest absolute Gasteiger partial charge is 0.379 e. The molecule has 2 heterocycles. The zero-order valence-electron chi connectivity index (χ0n) is 11.6. The number of nitrogens with zero attached hydrogens (tertiary/aromatic N) is 2. The Morgan fingerprint density at radius 2 is 1.79 bits per heavy atom. The smallest absolute Gasteiger partial charge is 0.0594 e. The second-order valence-corrected chi connectivity index (χ2v) is 5.56. The van der Waals surface area contributed by atoms with Crippen LogP contribution in [0.15, 0.2) is 30.3 Å².